The summed E-state index contributed by atoms with van der Waals surface area (Å²) in [6, 6.07) is 0. The summed E-state index contributed by atoms with van der Waals surface area (Å²) in [6.45, 7) is 0. The summed E-state index contributed by atoms with van der Waals surface area (Å²) in [5.74, 6) is 0. The van der Waals surface area contributed by atoms with Crippen LogP contribution in [0.3, 0.4) is 0 Å². The minimum atomic E-state index is 0.798. The molecule has 0 saturated heterocycles. The van der Waals surface area contributed by atoms with Crippen LogP contribution in [0.15, 0.2) is 44.1 Å². The molecule has 0 spiro atoms. The van der Waals surface area contributed by atoms with Crippen molar-refractivity contribution < 1.29 is 0 Å². The SMILES string of the molecule is NC1=C\C=C\C=C(Br)/C=C\1I. The van der Waals surface area contributed by atoms with Gasteiger partial charge in [-0.05, 0) is 40.8 Å². The molecule has 58 valence electrons. The topological polar surface area (TPSA) is 26.0 Å². The molecule has 0 saturated carbocycles. The van der Waals surface area contributed by atoms with E-state index in [4.69, 9.17) is 5.73 Å². The lowest BCUT2D eigenvalue weighted by Crippen LogP contribution is -1.96. The van der Waals surface area contributed by atoms with E-state index in [0.29, 0.717) is 0 Å². The van der Waals surface area contributed by atoms with E-state index in [9.17, 15) is 0 Å². The average molecular weight is 324 g/mol. The second kappa shape index (κ2) is 4.11. The minimum absolute atomic E-state index is 0.798. The first-order valence-corrected chi connectivity index (χ1v) is 4.94. The van der Waals surface area contributed by atoms with Gasteiger partial charge < -0.3 is 5.73 Å². The summed E-state index contributed by atoms with van der Waals surface area (Å²) in [6.07, 6.45) is 9.70. The van der Waals surface area contributed by atoms with Gasteiger partial charge in [0.25, 0.3) is 0 Å². The summed E-state index contributed by atoms with van der Waals surface area (Å²) in [5, 5.41) is 0. The fourth-order valence-corrected chi connectivity index (χ4v) is 1.96. The number of nitrogens with two attached hydrogens (primary N) is 1. The Hall–Kier alpha value is -0.0300. The van der Waals surface area contributed by atoms with Crippen molar-refractivity contribution in [2.75, 3.05) is 0 Å². The number of hydrogen-bond acceptors (Lipinski definition) is 1. The molecule has 0 heterocycles. The Morgan fingerprint density at radius 2 is 1.91 bits per heavy atom. The number of rotatable bonds is 0. The van der Waals surface area contributed by atoms with E-state index in [0.717, 1.165) is 13.8 Å². The molecule has 2 N–H and O–H groups in total. The van der Waals surface area contributed by atoms with E-state index in [2.05, 4.69) is 38.5 Å². The van der Waals surface area contributed by atoms with E-state index in [1.807, 2.05) is 30.4 Å². The third kappa shape index (κ3) is 2.83. The number of allylic oxidation sites excluding steroid dienone is 7. The Bertz CT molecular complexity index is 274. The van der Waals surface area contributed by atoms with Gasteiger partial charge in [0.15, 0.2) is 0 Å². The van der Waals surface area contributed by atoms with Crippen LogP contribution in [0.2, 0.25) is 0 Å². The smallest absolute Gasteiger partial charge is 0.0450 e. The monoisotopic (exact) mass is 323 g/mol. The minimum Gasteiger partial charge on any atom is -0.398 e. The van der Waals surface area contributed by atoms with Crippen molar-refractivity contribution in [2.45, 2.75) is 0 Å². The van der Waals surface area contributed by atoms with Crippen LogP contribution in [0.5, 0.6) is 0 Å². The summed E-state index contributed by atoms with van der Waals surface area (Å²) >= 11 is 5.59. The van der Waals surface area contributed by atoms with E-state index in [1.54, 1.807) is 0 Å². The van der Waals surface area contributed by atoms with Crippen molar-refractivity contribution >= 4 is 38.5 Å². The highest BCUT2D eigenvalue weighted by molar-refractivity contribution is 14.1. The molecule has 3 heteroatoms. The molecule has 0 unspecified atom stereocenters. The maximum atomic E-state index is 5.70. The zero-order chi connectivity index (χ0) is 8.27. The molecule has 0 aliphatic heterocycles. The normalized spacial score (nSPS) is 34.9. The van der Waals surface area contributed by atoms with Crippen LogP contribution < -0.4 is 5.73 Å². The molecule has 0 radical (unpaired) electrons. The van der Waals surface area contributed by atoms with Gasteiger partial charge in [-0.2, -0.15) is 0 Å². The summed E-state index contributed by atoms with van der Waals surface area (Å²) < 4.78 is 2.09. The van der Waals surface area contributed by atoms with Gasteiger partial charge >= 0.3 is 0 Å². The van der Waals surface area contributed by atoms with Gasteiger partial charge in [0.2, 0.25) is 0 Å². The van der Waals surface area contributed by atoms with E-state index in [-0.39, 0.29) is 0 Å². The molecule has 0 aromatic heterocycles. The number of hydrogen-bond donors (Lipinski definition) is 1. The summed E-state index contributed by atoms with van der Waals surface area (Å²) in [5.41, 5.74) is 6.49. The summed E-state index contributed by atoms with van der Waals surface area (Å²) in [4.78, 5) is 0. The van der Waals surface area contributed by atoms with Gasteiger partial charge in [0.1, 0.15) is 0 Å². The molecular weight excluding hydrogens is 317 g/mol. The van der Waals surface area contributed by atoms with Crippen LogP contribution in [0.1, 0.15) is 0 Å². The lowest BCUT2D eigenvalue weighted by molar-refractivity contribution is 1.41. The van der Waals surface area contributed by atoms with Crippen molar-refractivity contribution in [1.82, 2.24) is 0 Å². The van der Waals surface area contributed by atoms with Gasteiger partial charge in [-0.25, -0.2) is 0 Å². The van der Waals surface area contributed by atoms with E-state index < -0.39 is 0 Å². The second-order valence-corrected chi connectivity index (χ2v) is 4.13. The highest BCUT2D eigenvalue weighted by Crippen LogP contribution is 2.20. The molecule has 1 nitrogen and oxygen atoms in total. The Kier molecular flexibility index (Phi) is 3.39. The first-order valence-electron chi connectivity index (χ1n) is 3.07. The molecule has 1 rings (SSSR count). The lowest BCUT2D eigenvalue weighted by atomic mass is 10.3. The van der Waals surface area contributed by atoms with Crippen LogP contribution >= 0.6 is 38.5 Å². The molecule has 11 heavy (non-hydrogen) atoms. The zero-order valence-corrected chi connectivity index (χ0v) is 9.46. The molecule has 0 bridgehead atoms. The van der Waals surface area contributed by atoms with Crippen LogP contribution in [-0.2, 0) is 0 Å². The molecule has 0 atom stereocenters. The lowest BCUT2D eigenvalue weighted by Gasteiger charge is -1.99. The second-order valence-electron chi connectivity index (χ2n) is 2.05. The first kappa shape index (κ1) is 9.06. The van der Waals surface area contributed by atoms with Gasteiger partial charge in [0.05, 0.1) is 0 Å². The van der Waals surface area contributed by atoms with Crippen molar-refractivity contribution in [1.29, 1.82) is 0 Å². The van der Waals surface area contributed by atoms with Crippen molar-refractivity contribution in [3.8, 4) is 0 Å². The Morgan fingerprint density at radius 1 is 1.27 bits per heavy atom. The number of halogens is 2. The molecule has 0 amide bonds. The maximum absolute atomic E-state index is 5.70. The molecule has 1 aliphatic rings. The highest BCUT2D eigenvalue weighted by atomic mass is 127. The maximum Gasteiger partial charge on any atom is 0.0450 e. The molecule has 0 aromatic rings. The van der Waals surface area contributed by atoms with Gasteiger partial charge in [0, 0.05) is 13.8 Å². The van der Waals surface area contributed by atoms with Crippen LogP contribution in [-0.4, -0.2) is 0 Å². The van der Waals surface area contributed by atoms with Crippen LogP contribution in [0.4, 0.5) is 0 Å². The predicted molar refractivity (Wildman–Crippen MR) is 60.5 cm³/mol. The molecule has 1 aliphatic carbocycles. The zero-order valence-electron chi connectivity index (χ0n) is 5.72. The van der Waals surface area contributed by atoms with E-state index in [1.165, 1.54) is 0 Å². The average Bonchev–Trinajstić information content (AvgIpc) is 1.95. The third-order valence-electron chi connectivity index (χ3n) is 1.18. The van der Waals surface area contributed by atoms with Gasteiger partial charge in [-0.3, -0.25) is 0 Å². The molecular formula is C8H7BrIN. The van der Waals surface area contributed by atoms with Gasteiger partial charge in [-0.15, -0.1) is 0 Å². The third-order valence-corrected chi connectivity index (χ3v) is 2.61. The predicted octanol–water partition coefficient (Wildman–Crippen LogP) is 3.00. The Balaban J connectivity index is 3.00. The van der Waals surface area contributed by atoms with Crippen molar-refractivity contribution in [2.24, 2.45) is 5.73 Å². The highest BCUT2D eigenvalue weighted by Gasteiger charge is 1.96. The first-order chi connectivity index (χ1) is 5.20. The fourth-order valence-electron chi connectivity index (χ4n) is 0.639. The van der Waals surface area contributed by atoms with Crippen molar-refractivity contribution in [3.63, 3.8) is 0 Å². The van der Waals surface area contributed by atoms with E-state index >= 15 is 0 Å². The van der Waals surface area contributed by atoms with Crippen LogP contribution in [0, 0.1) is 0 Å². The van der Waals surface area contributed by atoms with Crippen molar-refractivity contribution in [3.05, 3.63) is 44.1 Å². The molecule has 0 fully saturated rings. The standard InChI is InChI=1S/C8H7BrIN/c9-6-3-1-2-4-8(11)7(10)5-6/h1-5H,11H2/b2-1+,3-1?,4-2?,6-3+,6-5?,7-5+,8-4-,8-7?. The molecule has 0 aromatic carbocycles. The van der Waals surface area contributed by atoms with Crippen LogP contribution in [0.25, 0.3) is 0 Å². The Labute approximate surface area is 88.0 Å². The van der Waals surface area contributed by atoms with Gasteiger partial charge in [-0.1, -0.05) is 28.1 Å². The summed E-state index contributed by atoms with van der Waals surface area (Å²) in [7, 11) is 0. The fraction of sp³-hybridized carbons (Fsp3) is 0. The quantitative estimate of drug-likeness (QED) is 0.681. The largest absolute Gasteiger partial charge is 0.398 e. The Morgan fingerprint density at radius 3 is 2.64 bits per heavy atom.